The lowest BCUT2D eigenvalue weighted by Crippen LogP contribution is -2.43. The molecule has 0 unspecified atom stereocenters. The normalized spacial score (nSPS) is 11.5. The molecular weight excluding hydrogens is 290 g/mol. The van der Waals surface area contributed by atoms with Gasteiger partial charge >= 0.3 is 6.03 Å². The fourth-order valence-electron chi connectivity index (χ4n) is 2.10. The van der Waals surface area contributed by atoms with Crippen molar-refractivity contribution < 1.29 is 9.59 Å². The molecule has 2 aromatic carbocycles. The van der Waals surface area contributed by atoms with Gasteiger partial charge in [-0.1, -0.05) is 60.7 Å². The van der Waals surface area contributed by atoms with E-state index < -0.39 is 6.03 Å². The van der Waals surface area contributed by atoms with Gasteiger partial charge in [-0.3, -0.25) is 10.1 Å². The summed E-state index contributed by atoms with van der Waals surface area (Å²) in [6, 6.07) is 18.9. The molecule has 0 saturated heterocycles. The summed E-state index contributed by atoms with van der Waals surface area (Å²) >= 11 is 0. The molecule has 0 radical (unpaired) electrons. The number of hydrogen-bond acceptors (Lipinski definition) is 3. The van der Waals surface area contributed by atoms with Crippen LogP contribution in [0.15, 0.2) is 60.7 Å². The molecule has 5 nitrogen and oxygen atoms in total. The summed E-state index contributed by atoms with van der Waals surface area (Å²) in [6.45, 7) is 2.43. The maximum absolute atomic E-state index is 11.8. The number of benzene rings is 2. The number of imide groups is 1. The van der Waals surface area contributed by atoms with Crippen LogP contribution in [0.1, 0.15) is 24.1 Å². The van der Waals surface area contributed by atoms with E-state index in [-0.39, 0.29) is 18.5 Å². The van der Waals surface area contributed by atoms with Gasteiger partial charge in [0.1, 0.15) is 0 Å². The summed E-state index contributed by atoms with van der Waals surface area (Å²) in [6.07, 6.45) is 0. The van der Waals surface area contributed by atoms with E-state index in [2.05, 4.69) is 16.0 Å². The highest BCUT2D eigenvalue weighted by atomic mass is 16.2. The predicted molar refractivity (Wildman–Crippen MR) is 89.7 cm³/mol. The Kier molecular flexibility index (Phi) is 6.32. The summed E-state index contributed by atoms with van der Waals surface area (Å²) in [7, 11) is 0. The zero-order valence-corrected chi connectivity index (χ0v) is 13.1. The molecule has 0 saturated carbocycles. The van der Waals surface area contributed by atoms with Gasteiger partial charge in [-0.05, 0) is 18.1 Å². The van der Waals surface area contributed by atoms with Gasteiger partial charge in [0.05, 0.1) is 6.54 Å². The van der Waals surface area contributed by atoms with Crippen LogP contribution in [0.3, 0.4) is 0 Å². The summed E-state index contributed by atoms with van der Waals surface area (Å²) in [5.41, 5.74) is 2.07. The first-order valence-electron chi connectivity index (χ1n) is 7.55. The number of hydrogen-bond donors (Lipinski definition) is 3. The standard InChI is InChI=1S/C18H21N3O2/c1-14(16-10-6-3-7-11-16)19-13-17(22)21-18(23)20-12-15-8-4-2-5-9-15/h2-11,14,19H,12-13H2,1H3,(H2,20,21,22,23)/t14-/m1/s1. The quantitative estimate of drug-likeness (QED) is 0.767. The second-order valence-electron chi connectivity index (χ2n) is 5.23. The number of rotatable bonds is 6. The summed E-state index contributed by atoms with van der Waals surface area (Å²) in [5.74, 6) is -0.363. The molecule has 3 N–H and O–H groups in total. The van der Waals surface area contributed by atoms with Crippen molar-refractivity contribution in [3.63, 3.8) is 0 Å². The van der Waals surface area contributed by atoms with E-state index in [1.54, 1.807) is 0 Å². The largest absolute Gasteiger partial charge is 0.334 e. The lowest BCUT2D eigenvalue weighted by atomic mass is 10.1. The molecule has 1 atom stereocenters. The van der Waals surface area contributed by atoms with Crippen LogP contribution in [0, 0.1) is 0 Å². The van der Waals surface area contributed by atoms with E-state index in [1.165, 1.54) is 0 Å². The third-order valence-electron chi connectivity index (χ3n) is 3.42. The molecule has 120 valence electrons. The molecule has 3 amide bonds. The van der Waals surface area contributed by atoms with Gasteiger partial charge in [-0.2, -0.15) is 0 Å². The van der Waals surface area contributed by atoms with E-state index in [4.69, 9.17) is 0 Å². The first-order valence-corrected chi connectivity index (χ1v) is 7.55. The van der Waals surface area contributed by atoms with E-state index in [1.807, 2.05) is 67.6 Å². The molecule has 2 aromatic rings. The average molecular weight is 311 g/mol. The highest BCUT2D eigenvalue weighted by Crippen LogP contribution is 2.10. The monoisotopic (exact) mass is 311 g/mol. The van der Waals surface area contributed by atoms with Crippen LogP contribution in [0.25, 0.3) is 0 Å². The van der Waals surface area contributed by atoms with Crippen molar-refractivity contribution in [1.29, 1.82) is 0 Å². The van der Waals surface area contributed by atoms with Crippen molar-refractivity contribution in [3.05, 3.63) is 71.8 Å². The highest BCUT2D eigenvalue weighted by molar-refractivity contribution is 5.95. The van der Waals surface area contributed by atoms with Crippen molar-refractivity contribution in [1.82, 2.24) is 16.0 Å². The van der Waals surface area contributed by atoms with Crippen molar-refractivity contribution in [2.45, 2.75) is 19.5 Å². The van der Waals surface area contributed by atoms with Gasteiger partial charge in [0.15, 0.2) is 0 Å². The Morgan fingerprint density at radius 2 is 1.57 bits per heavy atom. The van der Waals surface area contributed by atoms with Crippen LogP contribution in [-0.4, -0.2) is 18.5 Å². The van der Waals surface area contributed by atoms with Crippen LogP contribution < -0.4 is 16.0 Å². The number of nitrogens with one attached hydrogen (secondary N) is 3. The molecule has 0 aliphatic carbocycles. The lowest BCUT2D eigenvalue weighted by Gasteiger charge is -2.14. The van der Waals surface area contributed by atoms with Crippen LogP contribution >= 0.6 is 0 Å². The fourth-order valence-corrected chi connectivity index (χ4v) is 2.10. The fraction of sp³-hybridized carbons (Fsp3) is 0.222. The molecule has 0 aromatic heterocycles. The molecule has 2 rings (SSSR count). The summed E-state index contributed by atoms with van der Waals surface area (Å²) < 4.78 is 0. The van der Waals surface area contributed by atoms with Crippen molar-refractivity contribution in [3.8, 4) is 0 Å². The minimum atomic E-state index is -0.493. The maximum atomic E-state index is 11.8. The Bertz CT molecular complexity index is 629. The average Bonchev–Trinajstić information content (AvgIpc) is 2.59. The van der Waals surface area contributed by atoms with E-state index in [0.717, 1.165) is 11.1 Å². The Balaban J connectivity index is 1.69. The Hall–Kier alpha value is -2.66. The topological polar surface area (TPSA) is 70.2 Å². The lowest BCUT2D eigenvalue weighted by molar-refractivity contribution is -0.119. The van der Waals surface area contributed by atoms with Crippen molar-refractivity contribution >= 4 is 11.9 Å². The molecule has 23 heavy (non-hydrogen) atoms. The van der Waals surface area contributed by atoms with Gasteiger partial charge in [0.2, 0.25) is 5.91 Å². The molecule has 0 bridgehead atoms. The molecular formula is C18H21N3O2. The molecule has 0 aliphatic rings. The van der Waals surface area contributed by atoms with Crippen LogP contribution in [-0.2, 0) is 11.3 Å². The molecule has 0 spiro atoms. The Morgan fingerprint density at radius 1 is 0.957 bits per heavy atom. The second kappa shape index (κ2) is 8.70. The van der Waals surface area contributed by atoms with Crippen LogP contribution in [0.2, 0.25) is 0 Å². The molecule has 0 fully saturated rings. The number of carbonyl (C=O) groups is 2. The van der Waals surface area contributed by atoms with E-state index >= 15 is 0 Å². The first-order chi connectivity index (χ1) is 11.1. The highest BCUT2D eigenvalue weighted by Gasteiger charge is 2.10. The molecule has 0 aliphatic heterocycles. The second-order valence-corrected chi connectivity index (χ2v) is 5.23. The third kappa shape index (κ3) is 5.92. The van der Waals surface area contributed by atoms with Crippen molar-refractivity contribution in [2.24, 2.45) is 0 Å². The number of amides is 3. The first kappa shape index (κ1) is 16.7. The van der Waals surface area contributed by atoms with Gasteiger partial charge in [0.25, 0.3) is 0 Å². The number of carbonyl (C=O) groups excluding carboxylic acids is 2. The summed E-state index contributed by atoms with van der Waals surface area (Å²) in [4.78, 5) is 23.4. The maximum Gasteiger partial charge on any atom is 0.321 e. The minimum absolute atomic E-state index is 0.0364. The zero-order chi connectivity index (χ0) is 16.5. The smallest absolute Gasteiger partial charge is 0.321 e. The van der Waals surface area contributed by atoms with Crippen LogP contribution in [0.4, 0.5) is 4.79 Å². The van der Waals surface area contributed by atoms with Crippen LogP contribution in [0.5, 0.6) is 0 Å². The van der Waals surface area contributed by atoms with Crippen molar-refractivity contribution in [2.75, 3.05) is 6.54 Å². The summed E-state index contributed by atoms with van der Waals surface area (Å²) in [5, 5.41) is 8.04. The van der Waals surface area contributed by atoms with E-state index in [0.29, 0.717) is 6.54 Å². The van der Waals surface area contributed by atoms with Gasteiger partial charge in [-0.25, -0.2) is 4.79 Å². The minimum Gasteiger partial charge on any atom is -0.334 e. The Morgan fingerprint density at radius 3 is 2.22 bits per heavy atom. The molecule has 5 heteroatoms. The van der Waals surface area contributed by atoms with Gasteiger partial charge in [0, 0.05) is 12.6 Å². The van der Waals surface area contributed by atoms with Gasteiger partial charge < -0.3 is 10.6 Å². The molecule has 0 heterocycles. The SMILES string of the molecule is C[C@@H](NCC(=O)NC(=O)NCc1ccccc1)c1ccccc1. The zero-order valence-electron chi connectivity index (χ0n) is 13.1. The van der Waals surface area contributed by atoms with E-state index in [9.17, 15) is 9.59 Å². The third-order valence-corrected chi connectivity index (χ3v) is 3.42. The number of urea groups is 1. The van der Waals surface area contributed by atoms with Gasteiger partial charge in [-0.15, -0.1) is 0 Å². The Labute approximate surface area is 136 Å². The predicted octanol–water partition coefficient (Wildman–Crippen LogP) is 2.36.